The van der Waals surface area contributed by atoms with Gasteiger partial charge in [-0.1, -0.05) is 12.1 Å². The van der Waals surface area contributed by atoms with Crippen molar-refractivity contribution >= 4 is 33.5 Å². The summed E-state index contributed by atoms with van der Waals surface area (Å²) in [6.07, 6.45) is 1.98. The molecule has 0 saturated carbocycles. The van der Waals surface area contributed by atoms with Crippen LogP contribution in [0.2, 0.25) is 0 Å². The highest BCUT2D eigenvalue weighted by atomic mass is 79.9. The van der Waals surface area contributed by atoms with Crippen LogP contribution in [0.3, 0.4) is 0 Å². The molecule has 0 bridgehead atoms. The normalized spacial score (nSPS) is 10.2. The fraction of sp³-hybridized carbons (Fsp3) is 0.143. The van der Waals surface area contributed by atoms with Gasteiger partial charge in [-0.2, -0.15) is 0 Å². The molecule has 0 saturated heterocycles. The number of aryl methyl sites for hydroxylation is 1. The van der Waals surface area contributed by atoms with Crippen molar-refractivity contribution in [2.75, 3.05) is 5.32 Å². The Balaban J connectivity index is 1.99. The van der Waals surface area contributed by atoms with Crippen LogP contribution in [-0.2, 0) is 11.2 Å². The summed E-state index contributed by atoms with van der Waals surface area (Å²) in [6.45, 7) is 0. The number of hydrogen-bond acceptors (Lipinski definition) is 3. The number of rotatable bonds is 5. The Kier molecular flexibility index (Phi) is 4.57. The first kappa shape index (κ1) is 14.3. The standard InChI is InChI=1S/C14H12BrNO4/c15-13-11(7-8-20-13)14(19)16-10-4-1-9(2-5-10)3-6-12(17)18/h1-2,4-5,7-8H,3,6H2,(H,16,19)(H,17,18). The summed E-state index contributed by atoms with van der Waals surface area (Å²) >= 11 is 3.14. The lowest BCUT2D eigenvalue weighted by atomic mass is 10.1. The van der Waals surface area contributed by atoms with Crippen molar-refractivity contribution in [1.82, 2.24) is 0 Å². The molecule has 2 aromatic rings. The van der Waals surface area contributed by atoms with Crippen molar-refractivity contribution in [3.63, 3.8) is 0 Å². The van der Waals surface area contributed by atoms with Gasteiger partial charge < -0.3 is 14.8 Å². The highest BCUT2D eigenvalue weighted by Crippen LogP contribution is 2.19. The second-order valence-electron chi connectivity index (χ2n) is 4.15. The van der Waals surface area contributed by atoms with Gasteiger partial charge in [-0.3, -0.25) is 9.59 Å². The van der Waals surface area contributed by atoms with Gasteiger partial charge in [-0.05, 0) is 46.1 Å². The van der Waals surface area contributed by atoms with Crippen LogP contribution in [0, 0.1) is 0 Å². The van der Waals surface area contributed by atoms with Gasteiger partial charge in [0.2, 0.25) is 0 Å². The van der Waals surface area contributed by atoms with Gasteiger partial charge in [0, 0.05) is 12.1 Å². The van der Waals surface area contributed by atoms with E-state index in [-0.39, 0.29) is 12.3 Å². The number of carbonyl (C=O) groups is 2. The van der Waals surface area contributed by atoms with E-state index >= 15 is 0 Å². The summed E-state index contributed by atoms with van der Waals surface area (Å²) in [4.78, 5) is 22.4. The van der Waals surface area contributed by atoms with Crippen LogP contribution in [0.4, 0.5) is 5.69 Å². The lowest BCUT2D eigenvalue weighted by Crippen LogP contribution is -2.11. The van der Waals surface area contributed by atoms with Gasteiger partial charge in [0.1, 0.15) is 0 Å². The molecule has 1 aromatic carbocycles. The smallest absolute Gasteiger partial charge is 0.303 e. The highest BCUT2D eigenvalue weighted by molar-refractivity contribution is 9.10. The number of anilines is 1. The molecule has 1 amide bonds. The van der Waals surface area contributed by atoms with E-state index in [1.54, 1.807) is 30.3 Å². The van der Waals surface area contributed by atoms with E-state index < -0.39 is 5.97 Å². The molecule has 20 heavy (non-hydrogen) atoms. The second kappa shape index (κ2) is 6.38. The Hall–Kier alpha value is -2.08. The lowest BCUT2D eigenvalue weighted by Gasteiger charge is -2.05. The molecule has 104 valence electrons. The number of nitrogens with one attached hydrogen (secondary N) is 1. The van der Waals surface area contributed by atoms with Gasteiger partial charge in [0.15, 0.2) is 4.67 Å². The average Bonchev–Trinajstić information content (AvgIpc) is 2.84. The number of carboxylic acid groups (broad SMARTS) is 1. The monoisotopic (exact) mass is 337 g/mol. The number of amides is 1. The van der Waals surface area contributed by atoms with Gasteiger partial charge in [0.25, 0.3) is 5.91 Å². The number of aliphatic carboxylic acids is 1. The maximum atomic E-state index is 11.9. The van der Waals surface area contributed by atoms with Crippen LogP contribution in [-0.4, -0.2) is 17.0 Å². The summed E-state index contributed by atoms with van der Waals surface area (Å²) in [5, 5.41) is 11.3. The number of carboxylic acids is 1. The third-order valence-corrected chi connectivity index (χ3v) is 3.32. The Morgan fingerprint density at radius 1 is 1.20 bits per heavy atom. The van der Waals surface area contributed by atoms with Crippen LogP contribution >= 0.6 is 15.9 Å². The molecule has 5 nitrogen and oxygen atoms in total. The van der Waals surface area contributed by atoms with Crippen molar-refractivity contribution in [3.05, 3.63) is 52.4 Å². The van der Waals surface area contributed by atoms with E-state index in [1.807, 2.05) is 0 Å². The van der Waals surface area contributed by atoms with Gasteiger partial charge in [0.05, 0.1) is 11.8 Å². The molecular weight excluding hydrogens is 326 g/mol. The molecule has 0 unspecified atom stereocenters. The van der Waals surface area contributed by atoms with Crippen molar-refractivity contribution in [1.29, 1.82) is 0 Å². The molecule has 0 radical (unpaired) electrons. The minimum Gasteiger partial charge on any atom is -0.481 e. The molecule has 0 fully saturated rings. The Labute approximate surface area is 123 Å². The molecule has 1 heterocycles. The zero-order valence-corrected chi connectivity index (χ0v) is 12.0. The largest absolute Gasteiger partial charge is 0.481 e. The SMILES string of the molecule is O=C(O)CCc1ccc(NC(=O)c2ccoc2Br)cc1. The Morgan fingerprint density at radius 3 is 2.45 bits per heavy atom. The van der Waals surface area contributed by atoms with E-state index in [0.29, 0.717) is 22.3 Å². The number of halogens is 1. The van der Waals surface area contributed by atoms with Crippen LogP contribution < -0.4 is 5.32 Å². The van der Waals surface area contributed by atoms with E-state index in [0.717, 1.165) is 5.56 Å². The summed E-state index contributed by atoms with van der Waals surface area (Å²) in [7, 11) is 0. The Morgan fingerprint density at radius 2 is 1.90 bits per heavy atom. The third-order valence-electron chi connectivity index (χ3n) is 2.70. The predicted molar refractivity (Wildman–Crippen MR) is 76.8 cm³/mol. The molecule has 0 aliphatic heterocycles. The summed E-state index contributed by atoms with van der Waals surface area (Å²) in [6, 6.07) is 8.64. The van der Waals surface area contributed by atoms with E-state index in [2.05, 4.69) is 21.2 Å². The number of benzene rings is 1. The summed E-state index contributed by atoms with van der Waals surface area (Å²) < 4.78 is 5.38. The second-order valence-corrected chi connectivity index (χ2v) is 4.87. The van der Waals surface area contributed by atoms with Crippen molar-refractivity contribution in [2.24, 2.45) is 0 Å². The van der Waals surface area contributed by atoms with Crippen LogP contribution in [0.25, 0.3) is 0 Å². The molecule has 0 aliphatic carbocycles. The van der Waals surface area contributed by atoms with Crippen LogP contribution in [0.1, 0.15) is 22.3 Å². The van der Waals surface area contributed by atoms with Gasteiger partial charge in [-0.15, -0.1) is 0 Å². The molecule has 6 heteroatoms. The molecule has 0 aliphatic rings. The number of carbonyl (C=O) groups excluding carboxylic acids is 1. The topological polar surface area (TPSA) is 79.5 Å². The zero-order valence-electron chi connectivity index (χ0n) is 10.4. The first-order valence-corrected chi connectivity index (χ1v) is 6.70. The minimum atomic E-state index is -0.827. The fourth-order valence-corrected chi connectivity index (χ4v) is 2.08. The van der Waals surface area contributed by atoms with E-state index in [1.165, 1.54) is 6.26 Å². The third kappa shape index (κ3) is 3.71. The van der Waals surface area contributed by atoms with Crippen molar-refractivity contribution in [2.45, 2.75) is 12.8 Å². The summed E-state index contributed by atoms with van der Waals surface area (Å²) in [5.41, 5.74) is 1.97. The average molecular weight is 338 g/mol. The lowest BCUT2D eigenvalue weighted by molar-refractivity contribution is -0.136. The molecule has 1 aromatic heterocycles. The number of furan rings is 1. The fourth-order valence-electron chi connectivity index (χ4n) is 1.66. The quantitative estimate of drug-likeness (QED) is 0.877. The molecule has 2 rings (SSSR count). The zero-order chi connectivity index (χ0) is 14.5. The van der Waals surface area contributed by atoms with Crippen molar-refractivity contribution in [3.8, 4) is 0 Å². The van der Waals surface area contributed by atoms with Gasteiger partial charge in [-0.25, -0.2) is 0 Å². The molecule has 0 atom stereocenters. The van der Waals surface area contributed by atoms with Gasteiger partial charge >= 0.3 is 5.97 Å². The van der Waals surface area contributed by atoms with Crippen molar-refractivity contribution < 1.29 is 19.1 Å². The maximum absolute atomic E-state index is 11.9. The first-order chi connectivity index (χ1) is 9.56. The summed E-state index contributed by atoms with van der Waals surface area (Å²) in [5.74, 6) is -1.10. The van der Waals surface area contributed by atoms with E-state index in [4.69, 9.17) is 9.52 Å². The van der Waals surface area contributed by atoms with E-state index in [9.17, 15) is 9.59 Å². The van der Waals surface area contributed by atoms with Crippen LogP contribution in [0.5, 0.6) is 0 Å². The first-order valence-electron chi connectivity index (χ1n) is 5.91. The molecular formula is C14H12BrNO4. The Bertz CT molecular complexity index is 618. The maximum Gasteiger partial charge on any atom is 0.303 e. The predicted octanol–water partition coefficient (Wildman–Crippen LogP) is 3.31. The molecule has 0 spiro atoms. The number of hydrogen-bond donors (Lipinski definition) is 2. The van der Waals surface area contributed by atoms with Crippen LogP contribution in [0.15, 0.2) is 45.7 Å². The minimum absolute atomic E-state index is 0.0909. The molecule has 2 N–H and O–H groups in total. The highest BCUT2D eigenvalue weighted by Gasteiger charge is 2.12.